The molecule has 17 heavy (non-hydrogen) atoms. The molecule has 0 unspecified atom stereocenters. The molecule has 4 nitrogen and oxygen atoms in total. The summed E-state index contributed by atoms with van der Waals surface area (Å²) >= 11 is 0. The summed E-state index contributed by atoms with van der Waals surface area (Å²) < 4.78 is 33.5. The summed E-state index contributed by atoms with van der Waals surface area (Å²) in [5.41, 5.74) is 0.691. The smallest absolute Gasteiger partial charge is 0.264 e. The van der Waals surface area contributed by atoms with E-state index in [4.69, 9.17) is 4.55 Å². The Hall–Kier alpha value is -0.430. The van der Waals surface area contributed by atoms with E-state index in [-0.39, 0.29) is 36.2 Å². The summed E-state index contributed by atoms with van der Waals surface area (Å²) in [6.45, 7) is -0.163. The van der Waals surface area contributed by atoms with Crippen molar-refractivity contribution in [2.24, 2.45) is 0 Å². The van der Waals surface area contributed by atoms with Crippen molar-refractivity contribution in [2.75, 3.05) is 0 Å². The van der Waals surface area contributed by atoms with Crippen LogP contribution in [0.3, 0.4) is 0 Å². The fraction of sp³-hybridized carbons (Fsp3) is 0.0909. The first-order valence-electron chi connectivity index (χ1n) is 4.64. The van der Waals surface area contributed by atoms with E-state index < -0.39 is 10.4 Å². The average Bonchev–Trinajstić information content (AvgIpc) is 2.25. The molecule has 0 amide bonds. The molecule has 0 spiro atoms. The zero-order valence-corrected chi connectivity index (χ0v) is 12.1. The Bertz CT molecular complexity index is 610. The maximum Gasteiger partial charge on any atom is 0.397 e. The van der Waals surface area contributed by atoms with Crippen molar-refractivity contribution in [1.29, 1.82) is 0 Å². The topological polar surface area (TPSA) is 63.6 Å². The summed E-state index contributed by atoms with van der Waals surface area (Å²) in [7, 11) is -4.38. The minimum atomic E-state index is -4.38. The number of rotatable bonds is 3. The van der Waals surface area contributed by atoms with E-state index in [9.17, 15) is 8.42 Å². The molecule has 0 saturated heterocycles. The van der Waals surface area contributed by atoms with Crippen LogP contribution in [0.4, 0.5) is 0 Å². The molecule has 2 aromatic carbocycles. The van der Waals surface area contributed by atoms with Crippen LogP contribution in [-0.2, 0) is 21.2 Å². The standard InChI is InChI=1S/C11H10O4S.Na/c12-16(13,14)15-8-9-5-6-10-3-1-2-4-11(10)7-9;/h1-7H,8H2,(H,12,13,14);. The normalized spacial score (nSPS) is 11.1. The Morgan fingerprint density at radius 2 is 1.71 bits per heavy atom. The van der Waals surface area contributed by atoms with E-state index in [1.807, 2.05) is 36.4 Å². The third-order valence-corrected chi connectivity index (χ3v) is 2.60. The van der Waals surface area contributed by atoms with E-state index >= 15 is 0 Å². The fourth-order valence-electron chi connectivity index (χ4n) is 1.47. The van der Waals surface area contributed by atoms with Crippen molar-refractivity contribution >= 4 is 50.7 Å². The van der Waals surface area contributed by atoms with Crippen LogP contribution in [0.5, 0.6) is 0 Å². The van der Waals surface area contributed by atoms with Crippen LogP contribution < -0.4 is 0 Å². The first kappa shape index (κ1) is 14.6. The maximum absolute atomic E-state index is 10.4. The number of fused-ring (bicyclic) bond motifs is 1. The monoisotopic (exact) mass is 261 g/mol. The van der Waals surface area contributed by atoms with Crippen molar-refractivity contribution in [3.8, 4) is 0 Å². The molecule has 6 heteroatoms. The second-order valence-electron chi connectivity index (χ2n) is 3.37. The average molecular weight is 261 g/mol. The molecule has 1 radical (unpaired) electrons. The zero-order valence-electron chi connectivity index (χ0n) is 9.33. The van der Waals surface area contributed by atoms with Gasteiger partial charge in [-0.15, -0.1) is 0 Å². The number of hydrogen-bond donors (Lipinski definition) is 1. The molecule has 0 aliphatic heterocycles. The van der Waals surface area contributed by atoms with Crippen LogP contribution in [0.1, 0.15) is 5.56 Å². The van der Waals surface area contributed by atoms with Gasteiger partial charge >= 0.3 is 10.4 Å². The predicted molar refractivity (Wildman–Crippen MR) is 66.0 cm³/mol. The molecule has 0 saturated carbocycles. The molecular formula is C11H10NaO4S. The van der Waals surface area contributed by atoms with Crippen LogP contribution in [0, 0.1) is 0 Å². The van der Waals surface area contributed by atoms with Gasteiger partial charge in [-0.25, -0.2) is 4.18 Å². The molecule has 0 atom stereocenters. The van der Waals surface area contributed by atoms with Gasteiger partial charge in [0, 0.05) is 29.6 Å². The van der Waals surface area contributed by atoms with E-state index in [0.29, 0.717) is 5.56 Å². The van der Waals surface area contributed by atoms with E-state index in [0.717, 1.165) is 10.8 Å². The second kappa shape index (κ2) is 5.95. The Morgan fingerprint density at radius 3 is 2.35 bits per heavy atom. The molecule has 0 aliphatic carbocycles. The number of benzene rings is 2. The van der Waals surface area contributed by atoms with Gasteiger partial charge in [0.05, 0.1) is 6.61 Å². The molecule has 0 heterocycles. The Morgan fingerprint density at radius 1 is 1.06 bits per heavy atom. The van der Waals surface area contributed by atoms with Gasteiger partial charge in [0.2, 0.25) is 0 Å². The van der Waals surface area contributed by atoms with Crippen LogP contribution in [-0.4, -0.2) is 42.5 Å². The third kappa shape index (κ3) is 4.39. The van der Waals surface area contributed by atoms with E-state index in [2.05, 4.69) is 4.18 Å². The van der Waals surface area contributed by atoms with Gasteiger partial charge in [-0.1, -0.05) is 36.4 Å². The molecule has 1 N–H and O–H groups in total. The zero-order chi connectivity index (χ0) is 11.6. The summed E-state index contributed by atoms with van der Waals surface area (Å²) in [6.07, 6.45) is 0. The van der Waals surface area contributed by atoms with Gasteiger partial charge in [0.25, 0.3) is 0 Å². The molecule has 2 aromatic rings. The quantitative estimate of drug-likeness (QED) is 0.675. The van der Waals surface area contributed by atoms with Crippen molar-refractivity contribution in [2.45, 2.75) is 6.61 Å². The minimum Gasteiger partial charge on any atom is -0.264 e. The first-order chi connectivity index (χ1) is 7.54. The molecule has 0 bridgehead atoms. The number of hydrogen-bond acceptors (Lipinski definition) is 3. The summed E-state index contributed by atoms with van der Waals surface area (Å²) in [6, 6.07) is 13.2. The molecule has 2 rings (SSSR count). The van der Waals surface area contributed by atoms with Crippen LogP contribution in [0.2, 0.25) is 0 Å². The fourth-order valence-corrected chi connectivity index (χ4v) is 1.76. The van der Waals surface area contributed by atoms with Crippen LogP contribution in [0.15, 0.2) is 42.5 Å². The van der Waals surface area contributed by atoms with Gasteiger partial charge in [-0.3, -0.25) is 4.55 Å². The Labute approximate surface area is 122 Å². The van der Waals surface area contributed by atoms with Gasteiger partial charge < -0.3 is 0 Å². The van der Waals surface area contributed by atoms with Crippen LogP contribution >= 0.6 is 0 Å². The summed E-state index contributed by atoms with van der Waals surface area (Å²) in [5, 5.41) is 2.07. The van der Waals surface area contributed by atoms with E-state index in [1.54, 1.807) is 6.07 Å². The Balaban J connectivity index is 0.00000144. The third-order valence-electron chi connectivity index (χ3n) is 2.19. The molecule has 0 aliphatic rings. The van der Waals surface area contributed by atoms with Crippen molar-refractivity contribution < 1.29 is 17.2 Å². The molecule has 0 aromatic heterocycles. The largest absolute Gasteiger partial charge is 0.397 e. The van der Waals surface area contributed by atoms with Gasteiger partial charge in [-0.2, -0.15) is 8.42 Å². The van der Waals surface area contributed by atoms with Crippen molar-refractivity contribution in [3.05, 3.63) is 48.0 Å². The van der Waals surface area contributed by atoms with E-state index in [1.165, 1.54) is 0 Å². The van der Waals surface area contributed by atoms with Crippen molar-refractivity contribution in [3.63, 3.8) is 0 Å². The van der Waals surface area contributed by atoms with Crippen molar-refractivity contribution in [1.82, 2.24) is 0 Å². The Kier molecular flexibility index (Phi) is 5.12. The summed E-state index contributed by atoms with van der Waals surface area (Å²) in [5.74, 6) is 0. The second-order valence-corrected chi connectivity index (χ2v) is 4.46. The first-order valence-corrected chi connectivity index (χ1v) is 6.01. The van der Waals surface area contributed by atoms with Crippen LogP contribution in [0.25, 0.3) is 10.8 Å². The molecule has 85 valence electrons. The van der Waals surface area contributed by atoms with Gasteiger partial charge in [0.1, 0.15) is 0 Å². The molecule has 0 fully saturated rings. The minimum absolute atomic E-state index is 0. The maximum atomic E-state index is 10.4. The summed E-state index contributed by atoms with van der Waals surface area (Å²) in [4.78, 5) is 0. The van der Waals surface area contributed by atoms with Gasteiger partial charge in [0.15, 0.2) is 0 Å². The predicted octanol–water partition coefficient (Wildman–Crippen LogP) is 1.78. The van der Waals surface area contributed by atoms with Gasteiger partial charge in [-0.05, 0) is 22.4 Å². The SMILES string of the molecule is O=S(=O)(O)OCc1ccc2ccccc2c1.[Na]. The molecular weight excluding hydrogens is 251 g/mol.